The summed E-state index contributed by atoms with van der Waals surface area (Å²) >= 11 is 1.62. The molecule has 0 saturated carbocycles. The fraction of sp³-hybridized carbons (Fsp3) is 0.0556. The molecule has 5 aromatic carbocycles. The van der Waals surface area contributed by atoms with E-state index < -0.39 is 5.97 Å². The summed E-state index contributed by atoms with van der Waals surface area (Å²) in [6, 6.07) is 41.6. The molecule has 206 valence electrons. The third kappa shape index (κ3) is 6.14. The van der Waals surface area contributed by atoms with Crippen LogP contribution < -0.4 is 5.32 Å². The minimum Gasteiger partial charge on any atom is -0.478 e. The molecule has 0 spiro atoms. The van der Waals surface area contributed by atoms with Crippen molar-refractivity contribution in [2.45, 2.75) is 22.9 Å². The molecule has 1 heterocycles. The van der Waals surface area contributed by atoms with Crippen LogP contribution in [-0.2, 0) is 13.1 Å². The molecule has 0 aliphatic carbocycles. The van der Waals surface area contributed by atoms with Crippen LogP contribution >= 0.6 is 11.8 Å². The van der Waals surface area contributed by atoms with Crippen LogP contribution in [0.5, 0.6) is 0 Å². The van der Waals surface area contributed by atoms with E-state index in [0.717, 1.165) is 37.4 Å². The van der Waals surface area contributed by atoms with Gasteiger partial charge in [-0.25, -0.2) is 4.79 Å². The molecule has 0 aliphatic heterocycles. The third-order valence-electron chi connectivity index (χ3n) is 7.13. The number of nitrogens with zero attached hydrogens (tertiary/aromatic N) is 1. The fourth-order valence-corrected chi connectivity index (χ4v) is 5.91. The van der Waals surface area contributed by atoms with Gasteiger partial charge in [-0.15, -0.1) is 0 Å². The van der Waals surface area contributed by atoms with Gasteiger partial charge in [0.25, 0.3) is 5.91 Å². The van der Waals surface area contributed by atoms with Crippen LogP contribution in [0.25, 0.3) is 22.0 Å². The van der Waals surface area contributed by atoms with Crippen molar-refractivity contribution in [1.29, 1.82) is 0 Å². The van der Waals surface area contributed by atoms with E-state index in [1.165, 1.54) is 5.56 Å². The van der Waals surface area contributed by atoms with Gasteiger partial charge in [0.15, 0.2) is 0 Å². The molecule has 6 rings (SSSR count). The van der Waals surface area contributed by atoms with Gasteiger partial charge >= 0.3 is 5.97 Å². The zero-order valence-electron chi connectivity index (χ0n) is 22.7. The summed E-state index contributed by atoms with van der Waals surface area (Å²) in [6.07, 6.45) is 2.04. The summed E-state index contributed by atoms with van der Waals surface area (Å²) in [4.78, 5) is 27.0. The zero-order chi connectivity index (χ0) is 28.9. The Labute approximate surface area is 248 Å². The van der Waals surface area contributed by atoms with Crippen molar-refractivity contribution in [3.05, 3.63) is 156 Å². The van der Waals surface area contributed by atoms with Crippen LogP contribution in [-0.4, -0.2) is 21.6 Å². The summed E-state index contributed by atoms with van der Waals surface area (Å²) in [5.74, 6) is -1.16. The highest BCUT2D eigenvalue weighted by atomic mass is 32.2. The number of fused-ring (bicyclic) bond motifs is 1. The van der Waals surface area contributed by atoms with Crippen molar-refractivity contribution in [3.8, 4) is 11.1 Å². The molecule has 2 N–H and O–H groups in total. The van der Waals surface area contributed by atoms with E-state index in [1.807, 2.05) is 48.7 Å². The van der Waals surface area contributed by atoms with Crippen molar-refractivity contribution in [2.75, 3.05) is 0 Å². The molecule has 6 aromatic rings. The van der Waals surface area contributed by atoms with E-state index in [9.17, 15) is 14.7 Å². The lowest BCUT2D eigenvalue weighted by Crippen LogP contribution is -2.23. The number of hydrogen-bond acceptors (Lipinski definition) is 3. The predicted molar refractivity (Wildman–Crippen MR) is 168 cm³/mol. The van der Waals surface area contributed by atoms with Gasteiger partial charge in [-0.1, -0.05) is 96.7 Å². The SMILES string of the molecule is O=C(O)c1ccc(CNC(=O)c2cc(Sc3ccccc3)cc3ccn(Cc4ccc(-c5ccccc5)cc4)c23)cc1. The lowest BCUT2D eigenvalue weighted by atomic mass is 10.0. The molecule has 0 saturated heterocycles. The zero-order valence-corrected chi connectivity index (χ0v) is 23.6. The summed E-state index contributed by atoms with van der Waals surface area (Å²) < 4.78 is 2.13. The van der Waals surface area contributed by atoms with Crippen molar-refractivity contribution in [1.82, 2.24) is 9.88 Å². The number of benzene rings is 5. The molecule has 1 amide bonds. The van der Waals surface area contributed by atoms with E-state index in [0.29, 0.717) is 12.1 Å². The Kier molecular flexibility index (Phi) is 7.88. The predicted octanol–water partition coefficient (Wildman–Crippen LogP) is 8.14. The first-order chi connectivity index (χ1) is 20.5. The number of carboxylic acid groups (broad SMARTS) is 1. The third-order valence-corrected chi connectivity index (χ3v) is 8.10. The Morgan fingerprint density at radius 1 is 0.690 bits per heavy atom. The maximum absolute atomic E-state index is 13.7. The number of amides is 1. The van der Waals surface area contributed by atoms with Crippen molar-refractivity contribution in [3.63, 3.8) is 0 Å². The maximum atomic E-state index is 13.7. The second kappa shape index (κ2) is 12.2. The monoisotopic (exact) mass is 568 g/mol. The topological polar surface area (TPSA) is 71.3 Å². The van der Waals surface area contributed by atoms with Crippen molar-refractivity contribution >= 4 is 34.5 Å². The normalized spacial score (nSPS) is 11.0. The number of aromatic nitrogens is 1. The van der Waals surface area contributed by atoms with Crippen molar-refractivity contribution in [2.24, 2.45) is 0 Å². The first-order valence-electron chi connectivity index (χ1n) is 13.6. The second-order valence-electron chi connectivity index (χ2n) is 10.0. The fourth-order valence-electron chi connectivity index (χ4n) is 4.98. The van der Waals surface area contributed by atoms with Gasteiger partial charge in [0, 0.05) is 34.5 Å². The number of carbonyl (C=O) groups excluding carboxylic acids is 1. The summed E-state index contributed by atoms with van der Waals surface area (Å²) in [7, 11) is 0. The van der Waals surface area contributed by atoms with Gasteiger partial charge in [-0.3, -0.25) is 4.79 Å². The highest BCUT2D eigenvalue weighted by Crippen LogP contribution is 2.33. The molecule has 0 radical (unpaired) electrons. The van der Waals surface area contributed by atoms with Crippen LogP contribution in [0.2, 0.25) is 0 Å². The molecule has 6 heteroatoms. The number of nitrogens with one attached hydrogen (secondary N) is 1. The minimum atomic E-state index is -0.976. The standard InChI is InChI=1S/C36H28N2O3S/c39-35(37-23-25-11-17-29(18-12-25)36(40)41)33-22-32(42-31-9-5-2-6-10-31)21-30-19-20-38(34(30)33)24-26-13-15-28(16-14-26)27-7-3-1-4-8-27/h1-22H,23-24H2,(H,37,39)(H,40,41). The highest BCUT2D eigenvalue weighted by molar-refractivity contribution is 7.99. The molecule has 0 bridgehead atoms. The first-order valence-corrected chi connectivity index (χ1v) is 14.5. The van der Waals surface area contributed by atoms with Crippen LogP contribution in [0.4, 0.5) is 0 Å². The molecule has 1 aromatic heterocycles. The number of hydrogen-bond donors (Lipinski definition) is 2. The number of rotatable bonds is 9. The minimum absolute atomic E-state index is 0.183. The van der Waals surface area contributed by atoms with E-state index in [2.05, 4.69) is 70.5 Å². The number of carbonyl (C=O) groups is 2. The lowest BCUT2D eigenvalue weighted by Gasteiger charge is -2.13. The van der Waals surface area contributed by atoms with Crippen LogP contribution in [0, 0.1) is 0 Å². The summed E-state index contributed by atoms with van der Waals surface area (Å²) in [5, 5.41) is 13.2. The Balaban J connectivity index is 1.30. The molecule has 5 nitrogen and oxygen atoms in total. The smallest absolute Gasteiger partial charge is 0.335 e. The van der Waals surface area contributed by atoms with Crippen LogP contribution in [0.1, 0.15) is 31.8 Å². The van der Waals surface area contributed by atoms with Gasteiger partial charge in [-0.05, 0) is 64.7 Å². The van der Waals surface area contributed by atoms with Gasteiger partial charge < -0.3 is 15.0 Å². The maximum Gasteiger partial charge on any atom is 0.335 e. The average Bonchev–Trinajstić information content (AvgIpc) is 3.43. The molecular weight excluding hydrogens is 540 g/mol. The van der Waals surface area contributed by atoms with Gasteiger partial charge in [0.1, 0.15) is 0 Å². The lowest BCUT2D eigenvalue weighted by molar-refractivity contribution is 0.0696. The molecule has 0 unspecified atom stereocenters. The average molecular weight is 569 g/mol. The molecular formula is C36H28N2O3S. The highest BCUT2D eigenvalue weighted by Gasteiger charge is 2.17. The molecule has 42 heavy (non-hydrogen) atoms. The largest absolute Gasteiger partial charge is 0.478 e. The second-order valence-corrected chi connectivity index (χ2v) is 11.2. The summed E-state index contributed by atoms with van der Waals surface area (Å²) in [6.45, 7) is 0.915. The van der Waals surface area contributed by atoms with Crippen molar-refractivity contribution < 1.29 is 14.7 Å². The van der Waals surface area contributed by atoms with E-state index in [1.54, 1.807) is 36.0 Å². The quantitative estimate of drug-likeness (QED) is 0.185. The Bertz CT molecular complexity index is 1850. The number of carboxylic acids is 1. The van der Waals surface area contributed by atoms with E-state index in [-0.39, 0.29) is 18.0 Å². The summed E-state index contributed by atoms with van der Waals surface area (Å²) in [5.41, 5.74) is 5.99. The van der Waals surface area contributed by atoms with E-state index >= 15 is 0 Å². The van der Waals surface area contributed by atoms with Gasteiger partial charge in [-0.2, -0.15) is 0 Å². The van der Waals surface area contributed by atoms with Crippen LogP contribution in [0.3, 0.4) is 0 Å². The van der Waals surface area contributed by atoms with Crippen LogP contribution in [0.15, 0.2) is 143 Å². The first kappa shape index (κ1) is 27.1. The molecule has 0 atom stereocenters. The molecule has 0 fully saturated rings. The van der Waals surface area contributed by atoms with Gasteiger partial charge in [0.2, 0.25) is 0 Å². The Morgan fingerprint density at radius 3 is 2.02 bits per heavy atom. The Hall–Kier alpha value is -5.07. The number of aromatic carboxylic acids is 1. The molecule has 0 aliphatic rings. The van der Waals surface area contributed by atoms with Gasteiger partial charge in [0.05, 0.1) is 16.6 Å². The van der Waals surface area contributed by atoms with E-state index in [4.69, 9.17) is 0 Å². The Morgan fingerprint density at radius 2 is 1.33 bits per heavy atom.